The van der Waals surface area contributed by atoms with E-state index < -0.39 is 0 Å². The number of furan rings is 1. The molecule has 0 radical (unpaired) electrons. The first-order chi connectivity index (χ1) is 7.61. The van der Waals surface area contributed by atoms with Crippen molar-refractivity contribution in [1.82, 2.24) is 0 Å². The number of hydrogen-bond acceptors (Lipinski definition) is 1. The molecule has 1 aromatic heterocycles. The Morgan fingerprint density at radius 1 is 1.50 bits per heavy atom. The third-order valence-corrected chi connectivity index (χ3v) is 5.50. The van der Waals surface area contributed by atoms with Crippen molar-refractivity contribution in [3.63, 3.8) is 0 Å². The molecule has 3 aliphatic rings. The minimum absolute atomic E-state index is 0.457. The van der Waals surface area contributed by atoms with Crippen molar-refractivity contribution in [2.45, 2.75) is 33.1 Å². The van der Waals surface area contributed by atoms with Gasteiger partial charge in [0.2, 0.25) is 0 Å². The predicted octanol–water partition coefficient (Wildman–Crippen LogP) is 3.52. The van der Waals surface area contributed by atoms with Crippen molar-refractivity contribution < 1.29 is 4.42 Å². The molecule has 1 heteroatoms. The summed E-state index contributed by atoms with van der Waals surface area (Å²) < 4.78 is 5.73. The molecule has 84 valence electrons. The van der Waals surface area contributed by atoms with Gasteiger partial charge in [0, 0.05) is 6.42 Å². The number of hydrogen-bond donors (Lipinski definition) is 0. The van der Waals surface area contributed by atoms with Gasteiger partial charge in [-0.05, 0) is 54.1 Å². The van der Waals surface area contributed by atoms with Gasteiger partial charge >= 0.3 is 0 Å². The van der Waals surface area contributed by atoms with E-state index in [0.717, 1.165) is 24.2 Å². The van der Waals surface area contributed by atoms with Gasteiger partial charge in [-0.25, -0.2) is 0 Å². The lowest BCUT2D eigenvalue weighted by molar-refractivity contribution is 0.174. The van der Waals surface area contributed by atoms with Crippen LogP contribution in [-0.2, 0) is 12.8 Å². The summed E-state index contributed by atoms with van der Waals surface area (Å²) in [6.07, 6.45) is 5.64. The van der Waals surface area contributed by atoms with E-state index in [9.17, 15) is 0 Å². The third kappa shape index (κ3) is 0.851. The monoisotopic (exact) mass is 214 g/mol. The topological polar surface area (TPSA) is 13.1 Å². The second-order valence-electron chi connectivity index (χ2n) is 6.28. The van der Waals surface area contributed by atoms with Crippen LogP contribution in [0.2, 0.25) is 0 Å². The number of fused-ring (bicyclic) bond motifs is 4. The van der Waals surface area contributed by atoms with Crippen LogP contribution in [0.15, 0.2) is 22.8 Å². The molecule has 1 aromatic rings. The smallest absolute Gasteiger partial charge is 0.107 e. The van der Waals surface area contributed by atoms with Gasteiger partial charge < -0.3 is 4.42 Å². The average molecular weight is 214 g/mol. The van der Waals surface area contributed by atoms with Crippen molar-refractivity contribution in [1.29, 1.82) is 0 Å². The molecule has 1 nitrogen and oxygen atoms in total. The molecule has 1 heterocycles. The van der Waals surface area contributed by atoms with Crippen LogP contribution in [0.1, 0.15) is 30.2 Å². The van der Waals surface area contributed by atoms with Crippen molar-refractivity contribution in [3.8, 4) is 0 Å². The molecule has 2 fully saturated rings. The lowest BCUT2D eigenvalue weighted by atomic mass is 9.65. The van der Waals surface area contributed by atoms with Crippen LogP contribution in [0.5, 0.6) is 0 Å². The molecule has 16 heavy (non-hydrogen) atoms. The Kier molecular flexibility index (Phi) is 1.40. The normalized spacial score (nSPS) is 43.9. The quantitative estimate of drug-likeness (QED) is 0.602. The lowest BCUT2D eigenvalue weighted by Crippen LogP contribution is -2.34. The van der Waals surface area contributed by atoms with E-state index in [1.165, 1.54) is 29.7 Å². The third-order valence-electron chi connectivity index (χ3n) is 5.50. The van der Waals surface area contributed by atoms with E-state index in [1.807, 2.05) is 6.26 Å². The second kappa shape index (κ2) is 2.47. The van der Waals surface area contributed by atoms with Gasteiger partial charge in [0.05, 0.1) is 6.26 Å². The molecular formula is C15H18O. The van der Waals surface area contributed by atoms with Gasteiger partial charge in [-0.2, -0.15) is 0 Å². The molecule has 0 saturated heterocycles. The summed E-state index contributed by atoms with van der Waals surface area (Å²) in [5, 5.41) is 0. The fourth-order valence-corrected chi connectivity index (χ4v) is 4.39. The van der Waals surface area contributed by atoms with Crippen LogP contribution in [0, 0.1) is 30.1 Å². The molecule has 0 amide bonds. The minimum atomic E-state index is 0.457. The van der Waals surface area contributed by atoms with E-state index >= 15 is 0 Å². The predicted molar refractivity (Wildman–Crippen MR) is 63.2 cm³/mol. The molecule has 4 rings (SSSR count). The Bertz CT molecular complexity index is 496. The zero-order valence-electron chi connectivity index (χ0n) is 10.0. The van der Waals surface area contributed by atoms with Crippen LogP contribution < -0.4 is 0 Å². The molecule has 0 aromatic carbocycles. The largest absolute Gasteiger partial charge is 0.469 e. The van der Waals surface area contributed by atoms with Crippen LogP contribution in [0.25, 0.3) is 0 Å². The van der Waals surface area contributed by atoms with Gasteiger partial charge in [-0.3, -0.25) is 0 Å². The van der Waals surface area contributed by atoms with Crippen LogP contribution in [0.4, 0.5) is 0 Å². The summed E-state index contributed by atoms with van der Waals surface area (Å²) in [6, 6.07) is 0. The maximum atomic E-state index is 5.73. The molecule has 2 saturated carbocycles. The summed E-state index contributed by atoms with van der Waals surface area (Å²) in [4.78, 5) is 0. The maximum Gasteiger partial charge on any atom is 0.107 e. The van der Waals surface area contributed by atoms with Crippen LogP contribution in [-0.4, -0.2) is 0 Å². The Hall–Kier alpha value is -0.980. The van der Waals surface area contributed by atoms with Crippen molar-refractivity contribution in [2.75, 3.05) is 0 Å². The minimum Gasteiger partial charge on any atom is -0.469 e. The Morgan fingerprint density at radius 3 is 3.12 bits per heavy atom. The molecule has 0 spiro atoms. The molecule has 3 aliphatic carbocycles. The molecule has 0 N–H and O–H groups in total. The molecule has 0 unspecified atom stereocenters. The number of rotatable bonds is 0. The van der Waals surface area contributed by atoms with Gasteiger partial charge in [-0.1, -0.05) is 19.1 Å². The lowest BCUT2D eigenvalue weighted by Gasteiger charge is -2.38. The highest BCUT2D eigenvalue weighted by Crippen LogP contribution is 2.69. The van der Waals surface area contributed by atoms with Gasteiger partial charge in [-0.15, -0.1) is 0 Å². The first-order valence-electron chi connectivity index (χ1n) is 6.36. The fourth-order valence-electron chi connectivity index (χ4n) is 4.39. The molecule has 0 bridgehead atoms. The first-order valence-corrected chi connectivity index (χ1v) is 6.36. The number of allylic oxidation sites excluding steroid dienone is 1. The highest BCUT2D eigenvalue weighted by Gasteiger charge is 2.63. The summed E-state index contributed by atoms with van der Waals surface area (Å²) in [7, 11) is 0. The summed E-state index contributed by atoms with van der Waals surface area (Å²) >= 11 is 0. The van der Waals surface area contributed by atoms with Crippen molar-refractivity contribution in [2.24, 2.45) is 23.2 Å². The SMILES string of the molecule is C=C1[C@@H]2C[C@@H]2[C@]2(C)Cc3occ(C)c3C[C@@H]12. The van der Waals surface area contributed by atoms with E-state index in [-0.39, 0.29) is 0 Å². The van der Waals surface area contributed by atoms with E-state index in [1.54, 1.807) is 5.57 Å². The standard InChI is InChI=1S/C15H18O/c1-8-7-16-14-6-15(3)12(4-10(8)14)9(2)11-5-13(11)15/h7,11-13H,2,4-6H2,1,3H3/t11-,12-,13-,15+/m0/s1. The molecule has 4 atom stereocenters. The molecular weight excluding hydrogens is 196 g/mol. The van der Waals surface area contributed by atoms with E-state index in [4.69, 9.17) is 4.42 Å². The highest BCUT2D eigenvalue weighted by molar-refractivity contribution is 5.40. The van der Waals surface area contributed by atoms with Crippen LogP contribution in [0.3, 0.4) is 0 Å². The van der Waals surface area contributed by atoms with Crippen molar-refractivity contribution >= 4 is 0 Å². The average Bonchev–Trinajstić information content (AvgIpc) is 2.94. The maximum absolute atomic E-state index is 5.73. The zero-order valence-corrected chi connectivity index (χ0v) is 10.0. The summed E-state index contributed by atoms with van der Waals surface area (Å²) in [5.41, 5.74) is 4.81. The fraction of sp³-hybridized carbons (Fsp3) is 0.600. The Balaban J connectivity index is 1.84. The van der Waals surface area contributed by atoms with Crippen LogP contribution >= 0.6 is 0 Å². The molecule has 0 aliphatic heterocycles. The highest BCUT2D eigenvalue weighted by atomic mass is 16.3. The summed E-state index contributed by atoms with van der Waals surface area (Å²) in [5.74, 6) is 3.74. The zero-order chi connectivity index (χ0) is 11.1. The van der Waals surface area contributed by atoms with Crippen molar-refractivity contribution in [3.05, 3.63) is 35.3 Å². The van der Waals surface area contributed by atoms with Gasteiger partial charge in [0.25, 0.3) is 0 Å². The first kappa shape index (κ1) is 9.09. The summed E-state index contributed by atoms with van der Waals surface area (Å²) in [6.45, 7) is 8.99. The Labute approximate surface area is 96.5 Å². The van der Waals surface area contributed by atoms with Gasteiger partial charge in [0.15, 0.2) is 0 Å². The van der Waals surface area contributed by atoms with E-state index in [0.29, 0.717) is 5.41 Å². The van der Waals surface area contributed by atoms with E-state index in [2.05, 4.69) is 20.4 Å². The Morgan fingerprint density at radius 2 is 2.31 bits per heavy atom. The van der Waals surface area contributed by atoms with Gasteiger partial charge in [0.1, 0.15) is 5.76 Å². The number of aryl methyl sites for hydroxylation is 1. The second-order valence-corrected chi connectivity index (χ2v) is 6.28.